The third-order valence-corrected chi connectivity index (χ3v) is 5.67. The van der Waals surface area contributed by atoms with Crippen LogP contribution in [-0.4, -0.2) is 56.7 Å². The summed E-state index contributed by atoms with van der Waals surface area (Å²) in [6.07, 6.45) is 1.81. The minimum Gasteiger partial charge on any atom is -0.345 e. The number of benzene rings is 1. The average Bonchev–Trinajstić information content (AvgIpc) is 3.33. The van der Waals surface area contributed by atoms with Crippen LogP contribution in [0.3, 0.4) is 0 Å². The Morgan fingerprint density at radius 2 is 2.04 bits per heavy atom. The highest BCUT2D eigenvalue weighted by Gasteiger charge is 2.25. The molecule has 0 aliphatic carbocycles. The molecule has 140 valence electrons. The first kappa shape index (κ1) is 17.4. The Morgan fingerprint density at radius 1 is 1.26 bits per heavy atom. The van der Waals surface area contributed by atoms with E-state index < -0.39 is 4.92 Å². The summed E-state index contributed by atoms with van der Waals surface area (Å²) >= 11 is 1.44. The Morgan fingerprint density at radius 3 is 2.70 bits per heavy atom. The van der Waals surface area contributed by atoms with Gasteiger partial charge in [-0.2, -0.15) is 5.10 Å². The number of anilines is 1. The van der Waals surface area contributed by atoms with Gasteiger partial charge in [0.2, 0.25) is 0 Å². The summed E-state index contributed by atoms with van der Waals surface area (Å²) in [6.45, 7) is 5.23. The first-order valence-electron chi connectivity index (χ1n) is 8.68. The summed E-state index contributed by atoms with van der Waals surface area (Å²) in [5.41, 5.74) is 1.29. The fourth-order valence-electron chi connectivity index (χ4n) is 3.06. The number of carbonyl (C=O) groups excluding carboxylic acids is 1. The smallest absolute Gasteiger partial charge is 0.274 e. The zero-order valence-electron chi connectivity index (χ0n) is 14.7. The van der Waals surface area contributed by atoms with Crippen LogP contribution in [-0.2, 0) is 6.54 Å². The summed E-state index contributed by atoms with van der Waals surface area (Å²) in [7, 11) is 0. The molecule has 0 N–H and O–H groups in total. The molecule has 1 saturated heterocycles. The Hall–Kier alpha value is -3.01. The SMILES string of the molecule is CCn1ccc(C(=O)N2CCN(c3nc4ccc([N+](=O)[O-])cc4s3)CC2)n1. The number of nitro benzene ring substituents is 1. The number of nitro groups is 1. The third-order valence-electron chi connectivity index (χ3n) is 4.59. The molecule has 4 rings (SSSR count). The quantitative estimate of drug-likeness (QED) is 0.504. The Labute approximate surface area is 159 Å². The summed E-state index contributed by atoms with van der Waals surface area (Å²) < 4.78 is 2.53. The molecule has 1 aromatic carbocycles. The highest BCUT2D eigenvalue weighted by molar-refractivity contribution is 7.22. The molecule has 27 heavy (non-hydrogen) atoms. The molecule has 2 aromatic heterocycles. The van der Waals surface area contributed by atoms with Gasteiger partial charge in [0.05, 0.1) is 15.1 Å². The van der Waals surface area contributed by atoms with E-state index in [1.165, 1.54) is 17.4 Å². The molecular weight excluding hydrogens is 368 g/mol. The van der Waals surface area contributed by atoms with Crippen molar-refractivity contribution in [2.24, 2.45) is 0 Å². The molecule has 1 aliphatic rings. The van der Waals surface area contributed by atoms with Gasteiger partial charge in [0.1, 0.15) is 5.69 Å². The predicted molar refractivity (Wildman–Crippen MR) is 102 cm³/mol. The van der Waals surface area contributed by atoms with Gasteiger partial charge in [-0.1, -0.05) is 11.3 Å². The van der Waals surface area contributed by atoms with Gasteiger partial charge >= 0.3 is 0 Å². The molecule has 3 aromatic rings. The lowest BCUT2D eigenvalue weighted by Gasteiger charge is -2.34. The molecule has 0 unspecified atom stereocenters. The minimum absolute atomic E-state index is 0.0539. The van der Waals surface area contributed by atoms with E-state index in [1.54, 1.807) is 27.8 Å². The number of nitrogens with zero attached hydrogens (tertiary/aromatic N) is 6. The number of piperazine rings is 1. The fourth-order valence-corrected chi connectivity index (χ4v) is 4.11. The number of carbonyl (C=O) groups is 1. The fraction of sp³-hybridized carbons (Fsp3) is 0.353. The Balaban J connectivity index is 1.45. The maximum atomic E-state index is 12.6. The van der Waals surface area contributed by atoms with Gasteiger partial charge in [-0.3, -0.25) is 19.6 Å². The van der Waals surface area contributed by atoms with E-state index in [9.17, 15) is 14.9 Å². The molecule has 1 amide bonds. The molecule has 1 fully saturated rings. The Bertz CT molecular complexity index is 1010. The van der Waals surface area contributed by atoms with Crippen LogP contribution in [0, 0.1) is 10.1 Å². The summed E-state index contributed by atoms with van der Waals surface area (Å²) in [5, 5.41) is 16.0. The van der Waals surface area contributed by atoms with E-state index in [0.29, 0.717) is 31.9 Å². The van der Waals surface area contributed by atoms with Gasteiger partial charge < -0.3 is 9.80 Å². The molecule has 1 aliphatic heterocycles. The van der Waals surface area contributed by atoms with Gasteiger partial charge in [0.15, 0.2) is 5.13 Å². The molecule has 0 atom stereocenters. The van der Waals surface area contributed by atoms with Crippen molar-refractivity contribution in [3.63, 3.8) is 0 Å². The van der Waals surface area contributed by atoms with Crippen molar-refractivity contribution in [2.45, 2.75) is 13.5 Å². The zero-order chi connectivity index (χ0) is 19.0. The number of rotatable bonds is 4. The van der Waals surface area contributed by atoms with Crippen molar-refractivity contribution < 1.29 is 9.72 Å². The van der Waals surface area contributed by atoms with Gasteiger partial charge in [0.25, 0.3) is 11.6 Å². The molecule has 0 bridgehead atoms. The van der Waals surface area contributed by atoms with Crippen LogP contribution in [0.4, 0.5) is 10.8 Å². The number of non-ortho nitro benzene ring substituents is 1. The molecule has 9 nitrogen and oxygen atoms in total. The monoisotopic (exact) mass is 386 g/mol. The molecule has 0 spiro atoms. The van der Waals surface area contributed by atoms with Gasteiger partial charge in [0, 0.05) is 51.1 Å². The van der Waals surface area contributed by atoms with E-state index >= 15 is 0 Å². The van der Waals surface area contributed by atoms with Crippen molar-refractivity contribution >= 4 is 38.3 Å². The summed E-state index contributed by atoms with van der Waals surface area (Å²) in [5.74, 6) is -0.0539. The number of amides is 1. The normalized spacial score (nSPS) is 14.7. The van der Waals surface area contributed by atoms with Gasteiger partial charge in [-0.05, 0) is 19.1 Å². The topological polar surface area (TPSA) is 97.4 Å². The second kappa shape index (κ2) is 6.95. The number of aryl methyl sites for hydroxylation is 1. The van der Waals surface area contributed by atoms with E-state index in [-0.39, 0.29) is 11.6 Å². The number of fused-ring (bicyclic) bond motifs is 1. The zero-order valence-corrected chi connectivity index (χ0v) is 15.6. The maximum absolute atomic E-state index is 12.6. The lowest BCUT2D eigenvalue weighted by Crippen LogP contribution is -2.48. The molecule has 10 heteroatoms. The number of aromatic nitrogens is 3. The van der Waals surface area contributed by atoms with Crippen LogP contribution >= 0.6 is 11.3 Å². The average molecular weight is 386 g/mol. The van der Waals surface area contributed by atoms with Crippen LogP contribution in [0.1, 0.15) is 17.4 Å². The standard InChI is InChI=1S/C17H18N6O3S/c1-2-22-6-5-14(19-22)16(24)20-7-9-21(10-8-20)17-18-13-4-3-12(23(25)26)11-15(13)27-17/h3-6,11H,2,7-10H2,1H3. The lowest BCUT2D eigenvalue weighted by molar-refractivity contribution is -0.384. The van der Waals surface area contributed by atoms with Crippen molar-refractivity contribution in [3.05, 3.63) is 46.3 Å². The number of thiazole rings is 1. The van der Waals surface area contributed by atoms with E-state index in [0.717, 1.165) is 21.9 Å². The van der Waals surface area contributed by atoms with Gasteiger partial charge in [-0.15, -0.1) is 0 Å². The third kappa shape index (κ3) is 3.35. The van der Waals surface area contributed by atoms with Crippen LogP contribution < -0.4 is 4.90 Å². The Kier molecular flexibility index (Phi) is 4.48. The second-order valence-corrected chi connectivity index (χ2v) is 7.25. The van der Waals surface area contributed by atoms with Crippen molar-refractivity contribution in [2.75, 3.05) is 31.1 Å². The number of hydrogen-bond acceptors (Lipinski definition) is 7. The largest absolute Gasteiger partial charge is 0.345 e. The van der Waals surface area contributed by atoms with Crippen LogP contribution in [0.5, 0.6) is 0 Å². The maximum Gasteiger partial charge on any atom is 0.274 e. The van der Waals surface area contributed by atoms with E-state index in [2.05, 4.69) is 15.0 Å². The summed E-state index contributed by atoms with van der Waals surface area (Å²) in [4.78, 5) is 31.6. The summed E-state index contributed by atoms with van der Waals surface area (Å²) in [6, 6.07) is 6.45. The second-order valence-electron chi connectivity index (χ2n) is 6.24. The van der Waals surface area contributed by atoms with Crippen molar-refractivity contribution in [1.82, 2.24) is 19.7 Å². The van der Waals surface area contributed by atoms with Gasteiger partial charge in [-0.25, -0.2) is 4.98 Å². The molecule has 0 radical (unpaired) electrons. The number of hydrogen-bond donors (Lipinski definition) is 0. The first-order chi connectivity index (χ1) is 13.0. The lowest BCUT2D eigenvalue weighted by atomic mass is 10.3. The molecule has 3 heterocycles. The van der Waals surface area contributed by atoms with Crippen molar-refractivity contribution in [3.8, 4) is 0 Å². The molecular formula is C17H18N6O3S. The highest BCUT2D eigenvalue weighted by Crippen LogP contribution is 2.31. The van der Waals surface area contributed by atoms with Crippen molar-refractivity contribution in [1.29, 1.82) is 0 Å². The first-order valence-corrected chi connectivity index (χ1v) is 9.49. The van der Waals surface area contributed by atoms with E-state index in [4.69, 9.17) is 0 Å². The molecule has 0 saturated carbocycles. The highest BCUT2D eigenvalue weighted by atomic mass is 32.1. The van der Waals surface area contributed by atoms with Crippen LogP contribution in [0.25, 0.3) is 10.2 Å². The van der Waals surface area contributed by atoms with Crippen LogP contribution in [0.15, 0.2) is 30.5 Å². The van der Waals surface area contributed by atoms with Crippen LogP contribution in [0.2, 0.25) is 0 Å². The van der Waals surface area contributed by atoms with E-state index in [1.807, 2.05) is 13.1 Å². The minimum atomic E-state index is -0.400. The predicted octanol–water partition coefficient (Wildman–Crippen LogP) is 2.38.